The van der Waals surface area contributed by atoms with Crippen molar-refractivity contribution in [3.63, 3.8) is 0 Å². The molecule has 0 N–H and O–H groups in total. The molecule has 5 nitrogen and oxygen atoms in total. The second kappa shape index (κ2) is 6.17. The molecule has 1 aliphatic rings. The molecule has 0 spiro atoms. The zero-order valence-electron chi connectivity index (χ0n) is 10.7. The van der Waals surface area contributed by atoms with E-state index in [1.165, 1.54) is 0 Å². The number of rotatable bonds is 3. The van der Waals surface area contributed by atoms with Crippen molar-refractivity contribution in [1.29, 1.82) is 0 Å². The molecule has 0 saturated carbocycles. The zero-order valence-corrected chi connectivity index (χ0v) is 13.0. The molecule has 1 aromatic heterocycles. The Kier molecular flexibility index (Phi) is 4.28. The van der Waals surface area contributed by atoms with Gasteiger partial charge in [-0.25, -0.2) is 0 Å². The number of aromatic nitrogens is 2. The van der Waals surface area contributed by atoms with Crippen LogP contribution in [0.5, 0.6) is 5.75 Å². The predicted molar refractivity (Wildman–Crippen MR) is 78.9 cm³/mol. The van der Waals surface area contributed by atoms with Gasteiger partial charge in [0.2, 0.25) is 0 Å². The minimum absolute atomic E-state index is 0.0209. The standard InChI is InChI=1S/C13H10Cl2N2O3S/c14-9-1-2-11-7(4-9)3-8(5-19-11)13(18)20-6-10-12(15)21-17-16-10/h1-2,4,8H,3,5-6H2/t8-/m1/s1. The Balaban J connectivity index is 1.63. The van der Waals surface area contributed by atoms with Crippen LogP contribution in [0.1, 0.15) is 11.3 Å². The van der Waals surface area contributed by atoms with E-state index >= 15 is 0 Å². The van der Waals surface area contributed by atoms with Crippen molar-refractivity contribution in [1.82, 2.24) is 9.59 Å². The average molecular weight is 345 g/mol. The first kappa shape index (κ1) is 14.6. The normalized spacial score (nSPS) is 17.0. The van der Waals surface area contributed by atoms with Crippen LogP contribution in [0, 0.1) is 5.92 Å². The third-order valence-corrected chi connectivity index (χ3v) is 4.34. The smallest absolute Gasteiger partial charge is 0.313 e. The minimum atomic E-state index is -0.360. The molecule has 0 bridgehead atoms. The largest absolute Gasteiger partial charge is 0.492 e. The highest BCUT2D eigenvalue weighted by Gasteiger charge is 2.27. The summed E-state index contributed by atoms with van der Waals surface area (Å²) >= 11 is 12.9. The summed E-state index contributed by atoms with van der Waals surface area (Å²) in [5, 5.41) is 4.41. The van der Waals surface area contributed by atoms with Crippen molar-refractivity contribution < 1.29 is 14.3 Å². The molecular formula is C13H10Cl2N2O3S. The van der Waals surface area contributed by atoms with Gasteiger partial charge in [0.25, 0.3) is 0 Å². The second-order valence-corrected chi connectivity index (χ2v) is 6.36. The van der Waals surface area contributed by atoms with Crippen LogP contribution < -0.4 is 4.74 Å². The van der Waals surface area contributed by atoms with Crippen LogP contribution in [0.2, 0.25) is 9.36 Å². The maximum Gasteiger partial charge on any atom is 0.313 e. The van der Waals surface area contributed by atoms with E-state index in [-0.39, 0.29) is 25.1 Å². The van der Waals surface area contributed by atoms with Gasteiger partial charge in [0.15, 0.2) is 0 Å². The number of fused-ring (bicyclic) bond motifs is 1. The van der Waals surface area contributed by atoms with E-state index < -0.39 is 0 Å². The Labute approximate surface area is 134 Å². The van der Waals surface area contributed by atoms with Gasteiger partial charge in [-0.05, 0) is 30.2 Å². The van der Waals surface area contributed by atoms with Crippen LogP contribution in [0.3, 0.4) is 0 Å². The monoisotopic (exact) mass is 344 g/mol. The fraction of sp³-hybridized carbons (Fsp3) is 0.308. The molecular weight excluding hydrogens is 335 g/mol. The summed E-state index contributed by atoms with van der Waals surface area (Å²) in [5.74, 6) is 0.0567. The first-order valence-electron chi connectivity index (χ1n) is 6.18. The van der Waals surface area contributed by atoms with Gasteiger partial charge in [0, 0.05) is 16.6 Å². The number of hydrogen-bond acceptors (Lipinski definition) is 6. The van der Waals surface area contributed by atoms with E-state index in [0.29, 0.717) is 21.5 Å². The van der Waals surface area contributed by atoms with E-state index in [1.807, 2.05) is 0 Å². The lowest BCUT2D eigenvalue weighted by molar-refractivity contribution is -0.151. The van der Waals surface area contributed by atoms with Crippen molar-refractivity contribution >= 4 is 40.7 Å². The van der Waals surface area contributed by atoms with Crippen molar-refractivity contribution in [3.05, 3.63) is 38.8 Å². The molecule has 0 amide bonds. The lowest BCUT2D eigenvalue weighted by Gasteiger charge is -2.24. The number of esters is 1. The molecule has 0 radical (unpaired) electrons. The SMILES string of the molecule is O=C(OCc1nnsc1Cl)[C@H]1COc2ccc(Cl)cc2C1. The lowest BCUT2D eigenvalue weighted by Crippen LogP contribution is -2.29. The Hall–Kier alpha value is -1.37. The van der Waals surface area contributed by atoms with Gasteiger partial charge < -0.3 is 9.47 Å². The van der Waals surface area contributed by atoms with E-state index in [1.54, 1.807) is 18.2 Å². The topological polar surface area (TPSA) is 61.3 Å². The molecule has 0 unspecified atom stereocenters. The number of hydrogen-bond donors (Lipinski definition) is 0. The van der Waals surface area contributed by atoms with E-state index in [4.69, 9.17) is 32.7 Å². The quantitative estimate of drug-likeness (QED) is 0.800. The maximum atomic E-state index is 12.1. The van der Waals surface area contributed by atoms with Gasteiger partial charge in [-0.3, -0.25) is 4.79 Å². The molecule has 0 aliphatic carbocycles. The first-order valence-corrected chi connectivity index (χ1v) is 7.71. The lowest BCUT2D eigenvalue weighted by atomic mass is 9.97. The van der Waals surface area contributed by atoms with Crippen LogP contribution >= 0.6 is 34.7 Å². The van der Waals surface area contributed by atoms with Gasteiger partial charge in [0.1, 0.15) is 29.0 Å². The van der Waals surface area contributed by atoms with Crippen molar-refractivity contribution in [3.8, 4) is 5.75 Å². The third kappa shape index (κ3) is 3.28. The van der Waals surface area contributed by atoms with Crippen LogP contribution in [0.4, 0.5) is 0 Å². The van der Waals surface area contributed by atoms with Crippen LogP contribution in [-0.2, 0) is 22.6 Å². The summed E-state index contributed by atoms with van der Waals surface area (Å²) in [5.41, 5.74) is 1.37. The molecule has 21 heavy (non-hydrogen) atoms. The Bertz CT molecular complexity index is 677. The van der Waals surface area contributed by atoms with Crippen LogP contribution in [-0.4, -0.2) is 22.2 Å². The van der Waals surface area contributed by atoms with Crippen molar-refractivity contribution in [2.24, 2.45) is 5.92 Å². The molecule has 8 heteroatoms. The first-order chi connectivity index (χ1) is 10.1. The highest BCUT2D eigenvalue weighted by Crippen LogP contribution is 2.30. The summed E-state index contributed by atoms with van der Waals surface area (Å²) in [6.07, 6.45) is 0.539. The maximum absolute atomic E-state index is 12.1. The molecule has 110 valence electrons. The number of halogens is 2. The van der Waals surface area contributed by atoms with Crippen molar-refractivity contribution in [2.75, 3.05) is 6.61 Å². The molecule has 1 aliphatic heterocycles. The number of ether oxygens (including phenoxy) is 2. The van der Waals surface area contributed by atoms with E-state index in [9.17, 15) is 4.79 Å². The van der Waals surface area contributed by atoms with Gasteiger partial charge >= 0.3 is 5.97 Å². The van der Waals surface area contributed by atoms with Gasteiger partial charge in [-0.2, -0.15) is 0 Å². The zero-order chi connectivity index (χ0) is 14.8. The number of benzene rings is 1. The molecule has 2 aromatic rings. The minimum Gasteiger partial charge on any atom is -0.492 e. The average Bonchev–Trinajstić information content (AvgIpc) is 2.89. The summed E-state index contributed by atoms with van der Waals surface area (Å²) in [6, 6.07) is 5.37. The summed E-state index contributed by atoms with van der Waals surface area (Å²) in [4.78, 5) is 12.1. The highest BCUT2D eigenvalue weighted by molar-refractivity contribution is 7.10. The fourth-order valence-electron chi connectivity index (χ4n) is 2.05. The van der Waals surface area contributed by atoms with Crippen LogP contribution in [0.25, 0.3) is 0 Å². The summed E-state index contributed by atoms with van der Waals surface area (Å²) in [6.45, 7) is 0.309. The van der Waals surface area contributed by atoms with Crippen LogP contribution in [0.15, 0.2) is 18.2 Å². The summed E-state index contributed by atoms with van der Waals surface area (Å²) in [7, 11) is 0. The molecule has 3 rings (SSSR count). The van der Waals surface area contributed by atoms with Crippen molar-refractivity contribution in [2.45, 2.75) is 13.0 Å². The second-order valence-electron chi connectivity index (χ2n) is 4.57. The molecule has 2 heterocycles. The fourth-order valence-corrected chi connectivity index (χ4v) is 2.85. The molecule has 1 aromatic carbocycles. The number of carbonyl (C=O) groups is 1. The Morgan fingerprint density at radius 3 is 3.10 bits per heavy atom. The number of nitrogens with zero attached hydrogens (tertiary/aromatic N) is 2. The number of carbonyl (C=O) groups excluding carboxylic acids is 1. The van der Waals surface area contributed by atoms with Gasteiger partial charge in [0.05, 0.1) is 5.92 Å². The Morgan fingerprint density at radius 1 is 1.48 bits per heavy atom. The van der Waals surface area contributed by atoms with E-state index in [0.717, 1.165) is 22.8 Å². The summed E-state index contributed by atoms with van der Waals surface area (Å²) < 4.78 is 14.9. The molecule has 0 fully saturated rings. The Morgan fingerprint density at radius 2 is 2.33 bits per heavy atom. The van der Waals surface area contributed by atoms with Gasteiger partial charge in [-0.15, -0.1) is 5.10 Å². The van der Waals surface area contributed by atoms with Gasteiger partial charge in [-0.1, -0.05) is 27.7 Å². The predicted octanol–water partition coefficient (Wildman–Crippen LogP) is 3.14. The molecule has 1 atom stereocenters. The third-order valence-electron chi connectivity index (χ3n) is 3.12. The van der Waals surface area contributed by atoms with E-state index in [2.05, 4.69) is 9.59 Å². The highest BCUT2D eigenvalue weighted by atomic mass is 35.5. The molecule has 0 saturated heterocycles.